The second-order valence-electron chi connectivity index (χ2n) is 2.42. The number of carbonyl (C=O) groups excluding carboxylic acids is 1. The van der Waals surface area contributed by atoms with Crippen molar-refractivity contribution in [3.8, 4) is 6.07 Å². The Morgan fingerprint density at radius 1 is 1.62 bits per heavy atom. The van der Waals surface area contributed by atoms with E-state index in [2.05, 4.69) is 0 Å². The molecule has 1 aromatic rings. The maximum atomic E-state index is 10.3. The first kappa shape index (κ1) is 9.86. The Balaban J connectivity index is 2.83. The molecule has 0 spiro atoms. The average molecular weight is 197 g/mol. The van der Waals surface area contributed by atoms with Crippen LogP contribution in [0.4, 0.5) is 0 Å². The fraction of sp³-hybridized carbons (Fsp3) is 0.250. The molecule has 2 N–H and O–H groups in total. The summed E-state index contributed by atoms with van der Waals surface area (Å²) in [5.74, 6) is 0. The smallest absolute Gasteiger partial charge is 0.170 e. The van der Waals surface area contributed by atoms with Crippen molar-refractivity contribution in [1.29, 1.82) is 5.26 Å². The maximum Gasteiger partial charge on any atom is 0.170 e. The van der Waals surface area contributed by atoms with Crippen molar-refractivity contribution in [2.24, 2.45) is 0 Å². The SMILES string of the molecule is N#CC(O)C(O)c1csc(C=O)c1. The molecule has 0 aliphatic heterocycles. The number of nitriles is 1. The molecule has 0 fully saturated rings. The molecule has 0 bridgehead atoms. The lowest BCUT2D eigenvalue weighted by molar-refractivity contribution is 0.0530. The van der Waals surface area contributed by atoms with Gasteiger partial charge in [-0.15, -0.1) is 11.3 Å². The monoisotopic (exact) mass is 197 g/mol. The molecule has 68 valence electrons. The van der Waals surface area contributed by atoms with Gasteiger partial charge in [-0.25, -0.2) is 0 Å². The first-order valence-corrected chi connectivity index (χ1v) is 4.36. The van der Waals surface area contributed by atoms with Gasteiger partial charge in [0, 0.05) is 0 Å². The molecule has 0 saturated heterocycles. The Bertz CT molecular complexity index is 341. The predicted octanol–water partition coefficient (Wildman–Crippen LogP) is 0.478. The number of aliphatic hydroxyl groups is 2. The number of rotatable bonds is 3. The van der Waals surface area contributed by atoms with E-state index < -0.39 is 12.2 Å². The van der Waals surface area contributed by atoms with E-state index in [-0.39, 0.29) is 0 Å². The Morgan fingerprint density at radius 2 is 2.31 bits per heavy atom. The fourth-order valence-electron chi connectivity index (χ4n) is 0.838. The lowest BCUT2D eigenvalue weighted by Crippen LogP contribution is -2.14. The average Bonchev–Trinajstić information content (AvgIpc) is 2.63. The van der Waals surface area contributed by atoms with Gasteiger partial charge in [-0.2, -0.15) is 5.26 Å². The van der Waals surface area contributed by atoms with Crippen molar-refractivity contribution in [3.63, 3.8) is 0 Å². The van der Waals surface area contributed by atoms with Gasteiger partial charge in [-0.3, -0.25) is 4.79 Å². The molecule has 4 nitrogen and oxygen atoms in total. The standard InChI is InChI=1S/C8H7NO3S/c9-2-7(11)8(12)5-1-6(3-10)13-4-5/h1,3-4,7-8,11-12H. The van der Waals surface area contributed by atoms with Crippen LogP contribution < -0.4 is 0 Å². The summed E-state index contributed by atoms with van der Waals surface area (Å²) in [5, 5.41) is 28.1. The van der Waals surface area contributed by atoms with Crippen molar-refractivity contribution in [2.45, 2.75) is 12.2 Å². The van der Waals surface area contributed by atoms with Crippen LogP contribution in [-0.4, -0.2) is 22.6 Å². The number of nitrogens with zero attached hydrogens (tertiary/aromatic N) is 1. The van der Waals surface area contributed by atoms with E-state index in [0.29, 0.717) is 16.7 Å². The Kier molecular flexibility index (Phi) is 3.14. The Labute approximate surface area is 78.7 Å². The van der Waals surface area contributed by atoms with Crippen LogP contribution >= 0.6 is 11.3 Å². The second-order valence-corrected chi connectivity index (χ2v) is 3.36. The Hall–Kier alpha value is -1.22. The minimum absolute atomic E-state index is 0.390. The molecule has 1 rings (SSSR count). The molecule has 1 heterocycles. The number of thiophene rings is 1. The molecule has 0 aliphatic rings. The zero-order valence-electron chi connectivity index (χ0n) is 6.54. The highest BCUT2D eigenvalue weighted by atomic mass is 32.1. The molecule has 5 heteroatoms. The zero-order valence-corrected chi connectivity index (χ0v) is 7.36. The van der Waals surface area contributed by atoms with Gasteiger partial charge in [0.15, 0.2) is 12.4 Å². The summed E-state index contributed by atoms with van der Waals surface area (Å²) >= 11 is 1.16. The zero-order chi connectivity index (χ0) is 9.84. The van der Waals surface area contributed by atoms with Crippen molar-refractivity contribution in [2.75, 3.05) is 0 Å². The minimum Gasteiger partial charge on any atom is -0.385 e. The van der Waals surface area contributed by atoms with Crippen molar-refractivity contribution in [1.82, 2.24) is 0 Å². The lowest BCUT2D eigenvalue weighted by atomic mass is 10.1. The third kappa shape index (κ3) is 2.12. The van der Waals surface area contributed by atoms with Crippen LogP contribution in [0.2, 0.25) is 0 Å². The number of hydrogen-bond donors (Lipinski definition) is 2. The number of aldehydes is 1. The first-order valence-electron chi connectivity index (χ1n) is 3.48. The quantitative estimate of drug-likeness (QED) is 0.545. The summed E-state index contributed by atoms with van der Waals surface area (Å²) in [4.78, 5) is 10.7. The van der Waals surface area contributed by atoms with Crippen LogP contribution in [0.3, 0.4) is 0 Å². The molecule has 13 heavy (non-hydrogen) atoms. The molecule has 2 atom stereocenters. The van der Waals surface area contributed by atoms with Crippen molar-refractivity contribution >= 4 is 17.6 Å². The van der Waals surface area contributed by atoms with E-state index in [1.165, 1.54) is 17.5 Å². The summed E-state index contributed by atoms with van der Waals surface area (Å²) in [6.07, 6.45) is -2.04. The van der Waals surface area contributed by atoms with Crippen LogP contribution in [0, 0.1) is 11.3 Å². The van der Waals surface area contributed by atoms with Gasteiger partial charge >= 0.3 is 0 Å². The maximum absolute atomic E-state index is 10.3. The summed E-state index contributed by atoms with van der Waals surface area (Å²) in [7, 11) is 0. The van der Waals surface area contributed by atoms with Gasteiger partial charge < -0.3 is 10.2 Å². The number of hydrogen-bond acceptors (Lipinski definition) is 5. The van der Waals surface area contributed by atoms with Crippen LogP contribution in [0.25, 0.3) is 0 Å². The highest BCUT2D eigenvalue weighted by Gasteiger charge is 2.18. The van der Waals surface area contributed by atoms with E-state index in [0.717, 1.165) is 11.3 Å². The highest BCUT2D eigenvalue weighted by Crippen LogP contribution is 2.22. The molecule has 1 aromatic heterocycles. The van der Waals surface area contributed by atoms with Gasteiger partial charge in [-0.1, -0.05) is 0 Å². The molecule has 0 aromatic carbocycles. The molecular weight excluding hydrogens is 190 g/mol. The molecule has 0 radical (unpaired) electrons. The van der Waals surface area contributed by atoms with E-state index in [4.69, 9.17) is 10.4 Å². The van der Waals surface area contributed by atoms with Crippen molar-refractivity contribution < 1.29 is 15.0 Å². The van der Waals surface area contributed by atoms with E-state index in [1.807, 2.05) is 0 Å². The van der Waals surface area contributed by atoms with E-state index >= 15 is 0 Å². The van der Waals surface area contributed by atoms with Gasteiger partial charge in [0.2, 0.25) is 0 Å². The van der Waals surface area contributed by atoms with Gasteiger partial charge in [0.25, 0.3) is 0 Å². The Morgan fingerprint density at radius 3 is 2.77 bits per heavy atom. The van der Waals surface area contributed by atoms with Gasteiger partial charge in [0.1, 0.15) is 6.10 Å². The van der Waals surface area contributed by atoms with Gasteiger partial charge in [-0.05, 0) is 17.0 Å². The van der Waals surface area contributed by atoms with Crippen LogP contribution in [0.15, 0.2) is 11.4 Å². The third-order valence-electron chi connectivity index (χ3n) is 1.53. The van der Waals surface area contributed by atoms with Crippen LogP contribution in [0.1, 0.15) is 21.3 Å². The molecule has 0 saturated carbocycles. The first-order chi connectivity index (χ1) is 6.19. The largest absolute Gasteiger partial charge is 0.385 e. The predicted molar refractivity (Wildman–Crippen MR) is 46.3 cm³/mol. The summed E-state index contributed by atoms with van der Waals surface area (Å²) in [6.45, 7) is 0. The molecule has 2 unspecified atom stereocenters. The van der Waals surface area contributed by atoms with Crippen LogP contribution in [0.5, 0.6) is 0 Å². The second kappa shape index (κ2) is 4.14. The van der Waals surface area contributed by atoms with Crippen LogP contribution in [-0.2, 0) is 0 Å². The van der Waals surface area contributed by atoms with Crippen molar-refractivity contribution in [3.05, 3.63) is 21.9 Å². The highest BCUT2D eigenvalue weighted by molar-refractivity contribution is 7.11. The molecular formula is C8H7NO3S. The summed E-state index contributed by atoms with van der Waals surface area (Å²) < 4.78 is 0. The topological polar surface area (TPSA) is 81.3 Å². The normalized spacial score (nSPS) is 14.5. The molecule has 0 amide bonds. The molecule has 0 aliphatic carbocycles. The number of carbonyl (C=O) groups is 1. The minimum atomic E-state index is -1.45. The lowest BCUT2D eigenvalue weighted by Gasteiger charge is -2.08. The van der Waals surface area contributed by atoms with Gasteiger partial charge in [0.05, 0.1) is 10.9 Å². The summed E-state index contributed by atoms with van der Waals surface area (Å²) in [6, 6.07) is 2.96. The third-order valence-corrected chi connectivity index (χ3v) is 2.41. The van der Waals surface area contributed by atoms with E-state index in [9.17, 15) is 9.90 Å². The van der Waals surface area contributed by atoms with E-state index in [1.54, 1.807) is 0 Å². The summed E-state index contributed by atoms with van der Waals surface area (Å²) in [5.41, 5.74) is 0.390. The number of aliphatic hydroxyl groups excluding tert-OH is 2. The fourth-order valence-corrected chi connectivity index (χ4v) is 1.58.